The van der Waals surface area contributed by atoms with Gasteiger partial charge < -0.3 is 5.32 Å². The third-order valence-corrected chi connectivity index (χ3v) is 7.08. The molecular formula is C23H24Cl2N4OS. The molecule has 1 N–H and O–H groups in total. The molecule has 31 heavy (non-hydrogen) atoms. The van der Waals surface area contributed by atoms with E-state index < -0.39 is 0 Å². The van der Waals surface area contributed by atoms with Crippen LogP contribution in [-0.4, -0.2) is 32.5 Å². The maximum absolute atomic E-state index is 12.5. The lowest BCUT2D eigenvalue weighted by Crippen LogP contribution is -2.37. The summed E-state index contributed by atoms with van der Waals surface area (Å²) in [4.78, 5) is 12.5. The van der Waals surface area contributed by atoms with E-state index in [1.54, 1.807) is 12.1 Å². The second-order valence-corrected chi connectivity index (χ2v) is 9.55. The number of rotatable bonds is 6. The molecule has 0 spiro atoms. The van der Waals surface area contributed by atoms with Gasteiger partial charge in [0, 0.05) is 11.6 Å². The molecule has 8 heteroatoms. The molecule has 1 aliphatic rings. The highest BCUT2D eigenvalue weighted by Crippen LogP contribution is 2.31. The first-order chi connectivity index (χ1) is 15.0. The smallest absolute Gasteiger partial charge is 0.230 e. The molecule has 0 aliphatic heterocycles. The highest BCUT2D eigenvalue weighted by molar-refractivity contribution is 7.99. The molecule has 0 radical (unpaired) electrons. The zero-order valence-electron chi connectivity index (χ0n) is 17.3. The predicted octanol–water partition coefficient (Wildman–Crippen LogP) is 6.09. The van der Waals surface area contributed by atoms with Crippen LogP contribution in [-0.2, 0) is 4.79 Å². The minimum absolute atomic E-state index is 0.0254. The van der Waals surface area contributed by atoms with E-state index in [4.69, 9.17) is 23.2 Å². The Hall–Kier alpha value is -2.02. The van der Waals surface area contributed by atoms with Gasteiger partial charge in [-0.1, -0.05) is 84.1 Å². The van der Waals surface area contributed by atoms with E-state index in [9.17, 15) is 4.79 Å². The molecule has 2 aromatic carbocycles. The fourth-order valence-corrected chi connectivity index (χ4v) is 4.81. The number of amides is 1. The van der Waals surface area contributed by atoms with Crippen LogP contribution in [0.25, 0.3) is 17.1 Å². The molecule has 0 unspecified atom stereocenters. The van der Waals surface area contributed by atoms with Gasteiger partial charge >= 0.3 is 0 Å². The molecule has 4 rings (SSSR count). The average Bonchev–Trinajstić information content (AvgIpc) is 3.19. The van der Waals surface area contributed by atoms with Crippen LogP contribution in [0.2, 0.25) is 10.0 Å². The SMILES string of the molecule is Cc1ccc(-c2nnc(SCC(=O)NC3CCCCC3)n2-c2ccc(Cl)c(Cl)c2)cc1. The van der Waals surface area contributed by atoms with Crippen molar-refractivity contribution in [2.24, 2.45) is 0 Å². The van der Waals surface area contributed by atoms with Gasteiger partial charge in [0.05, 0.1) is 21.5 Å². The summed E-state index contributed by atoms with van der Waals surface area (Å²) < 4.78 is 1.92. The topological polar surface area (TPSA) is 59.8 Å². The number of carbonyl (C=O) groups excluding carboxylic acids is 1. The van der Waals surface area contributed by atoms with E-state index >= 15 is 0 Å². The van der Waals surface area contributed by atoms with Crippen molar-refractivity contribution in [3.63, 3.8) is 0 Å². The van der Waals surface area contributed by atoms with E-state index in [2.05, 4.69) is 15.5 Å². The molecule has 1 aliphatic carbocycles. The van der Waals surface area contributed by atoms with Crippen molar-refractivity contribution in [2.75, 3.05) is 5.75 Å². The summed E-state index contributed by atoms with van der Waals surface area (Å²) in [5.74, 6) is 0.996. The number of hydrogen-bond donors (Lipinski definition) is 1. The van der Waals surface area contributed by atoms with Crippen LogP contribution < -0.4 is 5.32 Å². The summed E-state index contributed by atoms with van der Waals surface area (Å²) in [5.41, 5.74) is 2.89. The fraction of sp³-hybridized carbons (Fsp3) is 0.348. The molecule has 1 amide bonds. The fourth-order valence-electron chi connectivity index (χ4n) is 3.76. The number of aryl methyl sites for hydroxylation is 1. The highest BCUT2D eigenvalue weighted by atomic mass is 35.5. The molecule has 0 saturated heterocycles. The first kappa shape index (κ1) is 22.2. The van der Waals surface area contributed by atoms with Crippen molar-refractivity contribution in [2.45, 2.75) is 50.2 Å². The molecular weight excluding hydrogens is 451 g/mol. The largest absolute Gasteiger partial charge is 0.353 e. The molecule has 3 aromatic rings. The molecule has 162 valence electrons. The lowest BCUT2D eigenvalue weighted by atomic mass is 9.95. The predicted molar refractivity (Wildman–Crippen MR) is 127 cm³/mol. The van der Waals surface area contributed by atoms with Crippen molar-refractivity contribution in [3.05, 3.63) is 58.1 Å². The molecule has 5 nitrogen and oxygen atoms in total. The summed E-state index contributed by atoms with van der Waals surface area (Å²) in [6, 6.07) is 13.8. The Kier molecular flexibility index (Phi) is 7.20. The summed E-state index contributed by atoms with van der Waals surface area (Å²) >= 11 is 13.8. The lowest BCUT2D eigenvalue weighted by Gasteiger charge is -2.22. The third kappa shape index (κ3) is 5.43. The van der Waals surface area contributed by atoms with Gasteiger partial charge in [-0.25, -0.2) is 0 Å². The third-order valence-electron chi connectivity index (χ3n) is 5.41. The summed E-state index contributed by atoms with van der Waals surface area (Å²) in [6.07, 6.45) is 5.75. The standard InChI is InChI=1S/C23H24Cl2N4OS/c1-15-7-9-16(10-8-15)22-27-28-23(29(22)18-11-12-19(24)20(25)13-18)31-14-21(30)26-17-5-3-2-4-6-17/h7-13,17H,2-6,14H2,1H3,(H,26,30). The quantitative estimate of drug-likeness (QED) is 0.439. The van der Waals surface area contributed by atoms with Gasteiger partial charge in [-0.15, -0.1) is 10.2 Å². The Labute approximate surface area is 196 Å². The Morgan fingerprint density at radius 3 is 2.52 bits per heavy atom. The van der Waals surface area contributed by atoms with Crippen LogP contribution in [0.1, 0.15) is 37.7 Å². The van der Waals surface area contributed by atoms with Crippen molar-refractivity contribution in [1.82, 2.24) is 20.1 Å². The van der Waals surface area contributed by atoms with Crippen LogP contribution >= 0.6 is 35.0 Å². The molecule has 1 saturated carbocycles. The number of benzene rings is 2. The zero-order chi connectivity index (χ0) is 21.8. The first-order valence-electron chi connectivity index (χ1n) is 10.4. The highest BCUT2D eigenvalue weighted by Gasteiger charge is 2.20. The van der Waals surface area contributed by atoms with E-state index in [1.165, 1.54) is 36.6 Å². The van der Waals surface area contributed by atoms with Gasteiger partial charge in [0.1, 0.15) is 0 Å². The second kappa shape index (κ2) is 10.1. The van der Waals surface area contributed by atoms with E-state index in [-0.39, 0.29) is 17.7 Å². The summed E-state index contributed by atoms with van der Waals surface area (Å²) in [6.45, 7) is 2.04. The number of carbonyl (C=O) groups is 1. The van der Waals surface area contributed by atoms with E-state index in [1.807, 2.05) is 41.8 Å². The van der Waals surface area contributed by atoms with Crippen LogP contribution in [0.4, 0.5) is 0 Å². The summed E-state index contributed by atoms with van der Waals surface area (Å²) in [5, 5.41) is 13.5. The van der Waals surface area contributed by atoms with Crippen molar-refractivity contribution in [3.8, 4) is 17.1 Å². The lowest BCUT2D eigenvalue weighted by molar-refractivity contribution is -0.119. The number of halogens is 2. The van der Waals surface area contributed by atoms with Gasteiger partial charge in [-0.3, -0.25) is 9.36 Å². The van der Waals surface area contributed by atoms with Crippen molar-refractivity contribution < 1.29 is 4.79 Å². The number of hydrogen-bond acceptors (Lipinski definition) is 4. The minimum Gasteiger partial charge on any atom is -0.353 e. The van der Waals surface area contributed by atoms with Crippen LogP contribution in [0.15, 0.2) is 47.6 Å². The normalized spacial score (nSPS) is 14.5. The van der Waals surface area contributed by atoms with Crippen LogP contribution in [0.5, 0.6) is 0 Å². The maximum Gasteiger partial charge on any atom is 0.230 e. The number of nitrogens with zero attached hydrogens (tertiary/aromatic N) is 3. The van der Waals surface area contributed by atoms with Gasteiger partial charge in [-0.05, 0) is 38.0 Å². The van der Waals surface area contributed by atoms with Gasteiger partial charge in [0.25, 0.3) is 0 Å². The van der Waals surface area contributed by atoms with Gasteiger partial charge in [-0.2, -0.15) is 0 Å². The number of aromatic nitrogens is 3. The molecule has 1 aromatic heterocycles. The van der Waals surface area contributed by atoms with Gasteiger partial charge in [0.2, 0.25) is 5.91 Å². The Bertz CT molecular complexity index is 1060. The van der Waals surface area contributed by atoms with Crippen LogP contribution in [0.3, 0.4) is 0 Å². The monoisotopic (exact) mass is 474 g/mol. The Morgan fingerprint density at radius 2 is 1.81 bits per heavy atom. The average molecular weight is 475 g/mol. The minimum atomic E-state index is 0.0254. The van der Waals surface area contributed by atoms with Crippen molar-refractivity contribution >= 4 is 40.9 Å². The van der Waals surface area contributed by atoms with E-state index in [0.717, 1.165) is 24.1 Å². The van der Waals surface area contributed by atoms with Gasteiger partial charge in [0.15, 0.2) is 11.0 Å². The Balaban J connectivity index is 1.60. The molecule has 1 heterocycles. The van der Waals surface area contributed by atoms with E-state index in [0.29, 0.717) is 21.0 Å². The molecule has 0 atom stereocenters. The first-order valence-corrected chi connectivity index (χ1v) is 12.2. The maximum atomic E-state index is 12.5. The summed E-state index contributed by atoms with van der Waals surface area (Å²) in [7, 11) is 0. The number of nitrogens with one attached hydrogen (secondary N) is 1. The van der Waals surface area contributed by atoms with Crippen molar-refractivity contribution in [1.29, 1.82) is 0 Å². The zero-order valence-corrected chi connectivity index (χ0v) is 19.6. The number of thioether (sulfide) groups is 1. The molecule has 0 bridgehead atoms. The van der Waals surface area contributed by atoms with Crippen LogP contribution in [0, 0.1) is 6.92 Å². The molecule has 1 fully saturated rings. The second-order valence-electron chi connectivity index (χ2n) is 7.80. The Morgan fingerprint density at radius 1 is 1.06 bits per heavy atom.